The first-order chi connectivity index (χ1) is 6.36. The molecule has 3 nitrogen and oxygen atoms in total. The number of nitrogens with two attached hydrogens (primary N) is 1. The van der Waals surface area contributed by atoms with E-state index in [0.717, 1.165) is 12.5 Å². The maximum atomic E-state index is 5.71. The number of anilines is 1. The smallest absolute Gasteiger partial charge is 0.200 e. The summed E-state index contributed by atoms with van der Waals surface area (Å²) >= 11 is 0. The largest absolute Gasteiger partial charge is 0.369 e. The van der Waals surface area contributed by atoms with Crippen LogP contribution >= 0.6 is 0 Å². The van der Waals surface area contributed by atoms with E-state index in [2.05, 4.69) is 9.55 Å². The number of imidazole rings is 1. The lowest BCUT2D eigenvalue weighted by molar-refractivity contribution is 0.321. The molecule has 13 heavy (non-hydrogen) atoms. The van der Waals surface area contributed by atoms with Crippen LogP contribution in [0.3, 0.4) is 0 Å². The van der Waals surface area contributed by atoms with Crippen molar-refractivity contribution in [3.05, 3.63) is 12.4 Å². The first-order valence-electron chi connectivity index (χ1n) is 5.13. The molecule has 1 saturated carbocycles. The van der Waals surface area contributed by atoms with Crippen LogP contribution in [-0.4, -0.2) is 9.55 Å². The van der Waals surface area contributed by atoms with Crippen LogP contribution in [0.15, 0.2) is 12.4 Å². The quantitative estimate of drug-likeness (QED) is 0.755. The predicted octanol–water partition coefficient (Wildman–Crippen LogP) is 2.05. The van der Waals surface area contributed by atoms with Crippen molar-refractivity contribution in [3.63, 3.8) is 0 Å². The van der Waals surface area contributed by atoms with Crippen molar-refractivity contribution >= 4 is 5.95 Å². The van der Waals surface area contributed by atoms with E-state index in [4.69, 9.17) is 5.73 Å². The molecule has 72 valence electrons. The molecule has 2 rings (SSSR count). The molecule has 1 fully saturated rings. The minimum atomic E-state index is 0.658. The van der Waals surface area contributed by atoms with Gasteiger partial charge in [-0.25, -0.2) is 4.98 Å². The molecular weight excluding hydrogens is 162 g/mol. The number of hydrogen-bond donors (Lipinski definition) is 1. The second-order valence-electron chi connectivity index (χ2n) is 3.94. The summed E-state index contributed by atoms with van der Waals surface area (Å²) in [6.07, 6.45) is 10.7. The van der Waals surface area contributed by atoms with Gasteiger partial charge in [-0.2, -0.15) is 0 Å². The van der Waals surface area contributed by atoms with E-state index in [9.17, 15) is 0 Å². The summed E-state index contributed by atoms with van der Waals surface area (Å²) in [5.41, 5.74) is 5.71. The van der Waals surface area contributed by atoms with Gasteiger partial charge in [0, 0.05) is 18.9 Å². The molecule has 3 heteroatoms. The average Bonchev–Trinajstić information content (AvgIpc) is 2.54. The van der Waals surface area contributed by atoms with Crippen molar-refractivity contribution in [1.29, 1.82) is 0 Å². The zero-order valence-electron chi connectivity index (χ0n) is 7.95. The second kappa shape index (κ2) is 3.81. The fraction of sp³-hybridized carbons (Fsp3) is 0.700. The van der Waals surface area contributed by atoms with E-state index in [-0.39, 0.29) is 0 Å². The average molecular weight is 179 g/mol. The van der Waals surface area contributed by atoms with Crippen LogP contribution in [-0.2, 0) is 6.54 Å². The van der Waals surface area contributed by atoms with Gasteiger partial charge in [-0.05, 0) is 18.8 Å². The normalized spacial score (nSPS) is 19.1. The Hall–Kier alpha value is -0.990. The van der Waals surface area contributed by atoms with Gasteiger partial charge in [-0.15, -0.1) is 0 Å². The van der Waals surface area contributed by atoms with Crippen molar-refractivity contribution < 1.29 is 0 Å². The standard InChI is InChI=1S/C10H17N3/c11-10-12-6-7-13(10)8-9-4-2-1-3-5-9/h6-7,9H,1-5,8H2,(H2,11,12). The van der Waals surface area contributed by atoms with E-state index >= 15 is 0 Å². The molecule has 0 amide bonds. The highest BCUT2D eigenvalue weighted by Gasteiger charge is 2.14. The summed E-state index contributed by atoms with van der Waals surface area (Å²) in [4.78, 5) is 4.02. The van der Waals surface area contributed by atoms with Crippen LogP contribution in [0.2, 0.25) is 0 Å². The highest BCUT2D eigenvalue weighted by molar-refractivity contribution is 5.16. The molecule has 1 aliphatic carbocycles. The number of aromatic nitrogens is 2. The van der Waals surface area contributed by atoms with Gasteiger partial charge in [0.1, 0.15) is 0 Å². The van der Waals surface area contributed by atoms with Crippen LogP contribution < -0.4 is 5.73 Å². The lowest BCUT2D eigenvalue weighted by Crippen LogP contribution is -2.15. The van der Waals surface area contributed by atoms with Crippen molar-refractivity contribution in [2.75, 3.05) is 5.73 Å². The Morgan fingerprint density at radius 1 is 1.38 bits per heavy atom. The van der Waals surface area contributed by atoms with Gasteiger partial charge < -0.3 is 10.3 Å². The molecule has 0 aliphatic heterocycles. The maximum Gasteiger partial charge on any atom is 0.200 e. The number of nitrogen functional groups attached to an aromatic ring is 1. The van der Waals surface area contributed by atoms with E-state index in [0.29, 0.717) is 5.95 Å². The van der Waals surface area contributed by atoms with Gasteiger partial charge >= 0.3 is 0 Å². The van der Waals surface area contributed by atoms with Gasteiger partial charge in [0.15, 0.2) is 5.95 Å². The molecular formula is C10H17N3. The minimum Gasteiger partial charge on any atom is -0.369 e. The lowest BCUT2D eigenvalue weighted by Gasteiger charge is -2.22. The number of nitrogens with zero attached hydrogens (tertiary/aromatic N) is 2. The minimum absolute atomic E-state index is 0.658. The van der Waals surface area contributed by atoms with E-state index in [1.807, 2.05) is 6.20 Å². The Balaban J connectivity index is 1.93. The summed E-state index contributed by atoms with van der Waals surface area (Å²) in [6.45, 7) is 1.06. The molecule has 1 aromatic rings. The van der Waals surface area contributed by atoms with Gasteiger partial charge in [-0.3, -0.25) is 0 Å². The molecule has 0 radical (unpaired) electrons. The van der Waals surface area contributed by atoms with Crippen molar-refractivity contribution in [3.8, 4) is 0 Å². The summed E-state index contributed by atoms with van der Waals surface area (Å²) in [5.74, 6) is 1.48. The van der Waals surface area contributed by atoms with Crippen LogP contribution in [0.5, 0.6) is 0 Å². The van der Waals surface area contributed by atoms with Gasteiger partial charge in [0.25, 0.3) is 0 Å². The monoisotopic (exact) mass is 179 g/mol. The highest BCUT2D eigenvalue weighted by Crippen LogP contribution is 2.25. The van der Waals surface area contributed by atoms with Crippen LogP contribution in [0.25, 0.3) is 0 Å². The number of rotatable bonds is 2. The molecule has 0 aromatic carbocycles. The van der Waals surface area contributed by atoms with E-state index < -0.39 is 0 Å². The molecule has 0 atom stereocenters. The van der Waals surface area contributed by atoms with Crippen molar-refractivity contribution in [2.24, 2.45) is 5.92 Å². The predicted molar refractivity (Wildman–Crippen MR) is 53.2 cm³/mol. The van der Waals surface area contributed by atoms with Gasteiger partial charge in [0.2, 0.25) is 0 Å². The first-order valence-corrected chi connectivity index (χ1v) is 5.13. The maximum absolute atomic E-state index is 5.71. The summed E-state index contributed by atoms with van der Waals surface area (Å²) < 4.78 is 2.07. The zero-order chi connectivity index (χ0) is 9.10. The number of hydrogen-bond acceptors (Lipinski definition) is 2. The Morgan fingerprint density at radius 2 is 2.15 bits per heavy atom. The van der Waals surface area contributed by atoms with E-state index in [1.54, 1.807) is 6.20 Å². The molecule has 1 heterocycles. The topological polar surface area (TPSA) is 43.8 Å². The molecule has 1 aliphatic rings. The van der Waals surface area contributed by atoms with Crippen molar-refractivity contribution in [1.82, 2.24) is 9.55 Å². The SMILES string of the molecule is Nc1nccn1CC1CCCCC1. The third-order valence-corrected chi connectivity index (χ3v) is 2.93. The summed E-state index contributed by atoms with van der Waals surface area (Å²) in [6, 6.07) is 0. The van der Waals surface area contributed by atoms with Crippen LogP contribution in [0, 0.1) is 5.92 Å². The Labute approximate surface area is 79.0 Å². The molecule has 0 unspecified atom stereocenters. The van der Waals surface area contributed by atoms with Crippen molar-refractivity contribution in [2.45, 2.75) is 38.6 Å². The molecule has 2 N–H and O–H groups in total. The Bertz CT molecular complexity index is 261. The molecule has 0 saturated heterocycles. The molecule has 0 spiro atoms. The fourth-order valence-electron chi connectivity index (χ4n) is 2.14. The zero-order valence-corrected chi connectivity index (χ0v) is 7.95. The van der Waals surface area contributed by atoms with E-state index in [1.165, 1.54) is 32.1 Å². The van der Waals surface area contributed by atoms with Gasteiger partial charge in [0.05, 0.1) is 0 Å². The second-order valence-corrected chi connectivity index (χ2v) is 3.94. The van der Waals surface area contributed by atoms with Gasteiger partial charge in [-0.1, -0.05) is 19.3 Å². The Morgan fingerprint density at radius 3 is 2.77 bits per heavy atom. The molecule has 0 bridgehead atoms. The van der Waals surface area contributed by atoms with Crippen LogP contribution in [0.1, 0.15) is 32.1 Å². The Kier molecular flexibility index (Phi) is 2.52. The third-order valence-electron chi connectivity index (χ3n) is 2.93. The summed E-state index contributed by atoms with van der Waals surface area (Å²) in [5, 5.41) is 0. The lowest BCUT2D eigenvalue weighted by atomic mass is 9.89. The fourth-order valence-corrected chi connectivity index (χ4v) is 2.14. The highest BCUT2D eigenvalue weighted by atomic mass is 15.1. The third kappa shape index (κ3) is 2.02. The van der Waals surface area contributed by atoms with Crippen LogP contribution in [0.4, 0.5) is 5.95 Å². The summed E-state index contributed by atoms with van der Waals surface area (Å²) in [7, 11) is 0. The first kappa shape index (κ1) is 8.60. The molecule has 1 aromatic heterocycles.